The molecule has 4 aromatic rings. The van der Waals surface area contributed by atoms with Crippen LogP contribution in [-0.2, 0) is 14.3 Å². The standard InChI is InChI=1S/C43H30O7/c44-29-20-50-42(49)43(29)28-19-27-31(39(46)24-16-8-7-15-23(24)38(27)45)33-30(21-11-3-1-4-12-21)35-36(41(48)26-18-10-9-17-25(26)40(35)47)34(32(28)33)37(43)22-13-5-2-6-14-22/h1-18,27,30-31,33-37H,19-20H2/t27-,30+,31-,33-,34-,35+,36-,37-,43-/m1/s1. The first-order valence-electron chi connectivity index (χ1n) is 17.2. The minimum absolute atomic E-state index is 0.0215. The number of carbonyl (C=O) groups is 6. The molecule has 7 heteroatoms. The Hall–Kier alpha value is -5.56. The van der Waals surface area contributed by atoms with Crippen molar-refractivity contribution < 1.29 is 33.5 Å². The molecular formula is C43H30O7. The van der Waals surface area contributed by atoms with E-state index in [0.29, 0.717) is 39.0 Å². The lowest BCUT2D eigenvalue weighted by atomic mass is 9.46. The van der Waals surface area contributed by atoms with Crippen LogP contribution in [0.5, 0.6) is 0 Å². The Kier molecular flexibility index (Phi) is 6.01. The highest BCUT2D eigenvalue weighted by atomic mass is 16.5. The quantitative estimate of drug-likeness (QED) is 0.142. The van der Waals surface area contributed by atoms with Crippen LogP contribution >= 0.6 is 0 Å². The Labute approximate surface area is 287 Å². The fraction of sp³-hybridized carbons (Fsp3) is 0.256. The molecule has 10 rings (SSSR count). The average Bonchev–Trinajstić information content (AvgIpc) is 3.63. The first-order valence-corrected chi connectivity index (χ1v) is 17.2. The summed E-state index contributed by atoms with van der Waals surface area (Å²) in [7, 11) is 0. The molecule has 244 valence electrons. The Balaban J connectivity index is 1.34. The van der Waals surface area contributed by atoms with E-state index in [0.717, 1.165) is 5.56 Å². The van der Waals surface area contributed by atoms with Gasteiger partial charge in [0.15, 0.2) is 40.9 Å². The summed E-state index contributed by atoms with van der Waals surface area (Å²) >= 11 is 0. The highest BCUT2D eigenvalue weighted by molar-refractivity contribution is 6.20. The molecule has 6 aliphatic rings. The number of Topliss-reactive ketones (excluding diaryl/α,β-unsaturated/α-hetero) is 5. The molecule has 1 saturated carbocycles. The second kappa shape index (κ2) is 10.2. The van der Waals surface area contributed by atoms with Crippen molar-refractivity contribution >= 4 is 34.9 Å². The molecule has 0 amide bonds. The van der Waals surface area contributed by atoms with Crippen LogP contribution in [0.25, 0.3) is 0 Å². The highest BCUT2D eigenvalue weighted by Crippen LogP contribution is 2.73. The van der Waals surface area contributed by atoms with Gasteiger partial charge in [-0.2, -0.15) is 0 Å². The summed E-state index contributed by atoms with van der Waals surface area (Å²) in [4.78, 5) is 88.5. The van der Waals surface area contributed by atoms with Crippen molar-refractivity contribution in [1.82, 2.24) is 0 Å². The molecule has 4 aromatic carbocycles. The maximum absolute atomic E-state index is 15.0. The van der Waals surface area contributed by atoms with E-state index in [1.165, 1.54) is 0 Å². The second-order valence-corrected chi connectivity index (χ2v) is 14.6. The molecule has 50 heavy (non-hydrogen) atoms. The van der Waals surface area contributed by atoms with Gasteiger partial charge in [0.2, 0.25) is 0 Å². The smallest absolute Gasteiger partial charge is 0.325 e. The second-order valence-electron chi connectivity index (χ2n) is 14.6. The number of fused-ring (bicyclic) bond motifs is 7. The molecule has 0 unspecified atom stereocenters. The first-order chi connectivity index (χ1) is 24.4. The van der Waals surface area contributed by atoms with E-state index in [1.54, 1.807) is 48.5 Å². The zero-order valence-corrected chi connectivity index (χ0v) is 26.8. The number of cyclic esters (lactones) is 1. The maximum Gasteiger partial charge on any atom is 0.325 e. The van der Waals surface area contributed by atoms with E-state index >= 15 is 9.59 Å². The van der Waals surface area contributed by atoms with Gasteiger partial charge >= 0.3 is 5.97 Å². The number of hydrogen-bond donors (Lipinski definition) is 0. The van der Waals surface area contributed by atoms with E-state index in [4.69, 9.17) is 4.74 Å². The van der Waals surface area contributed by atoms with Gasteiger partial charge in [0.05, 0.1) is 0 Å². The van der Waals surface area contributed by atoms with Gasteiger partial charge in [-0.05, 0) is 35.0 Å². The van der Waals surface area contributed by atoms with Crippen LogP contribution in [0.15, 0.2) is 120 Å². The number of ketones is 5. The van der Waals surface area contributed by atoms with Crippen LogP contribution in [0.2, 0.25) is 0 Å². The van der Waals surface area contributed by atoms with Gasteiger partial charge < -0.3 is 4.74 Å². The van der Waals surface area contributed by atoms with Gasteiger partial charge in [0.25, 0.3) is 0 Å². The van der Waals surface area contributed by atoms with Gasteiger partial charge in [0.1, 0.15) is 0 Å². The van der Waals surface area contributed by atoms with Crippen molar-refractivity contribution in [2.75, 3.05) is 6.61 Å². The third-order valence-corrected chi connectivity index (χ3v) is 12.8. The maximum atomic E-state index is 15.0. The van der Waals surface area contributed by atoms with E-state index < -0.39 is 71.1 Å². The van der Waals surface area contributed by atoms with Gasteiger partial charge in [0, 0.05) is 57.8 Å². The number of benzene rings is 4. The molecule has 1 aliphatic heterocycles. The van der Waals surface area contributed by atoms with Crippen LogP contribution < -0.4 is 0 Å². The Bertz CT molecular complexity index is 2250. The van der Waals surface area contributed by atoms with Gasteiger partial charge in [-0.15, -0.1) is 0 Å². The largest absolute Gasteiger partial charge is 0.457 e. The minimum atomic E-state index is -1.79. The fourth-order valence-corrected chi connectivity index (χ4v) is 11.1. The van der Waals surface area contributed by atoms with Crippen LogP contribution in [0.4, 0.5) is 0 Å². The van der Waals surface area contributed by atoms with Crippen LogP contribution in [0.3, 0.4) is 0 Å². The minimum Gasteiger partial charge on any atom is -0.457 e. The molecule has 1 spiro atoms. The zero-order valence-electron chi connectivity index (χ0n) is 26.8. The van der Waals surface area contributed by atoms with E-state index in [1.807, 2.05) is 60.7 Å². The summed E-state index contributed by atoms with van der Waals surface area (Å²) in [6, 6.07) is 32.4. The summed E-state index contributed by atoms with van der Waals surface area (Å²) < 4.78 is 5.62. The van der Waals surface area contributed by atoms with Crippen molar-refractivity contribution in [3.63, 3.8) is 0 Å². The van der Waals surface area contributed by atoms with Crippen LogP contribution in [0.1, 0.15) is 70.8 Å². The number of allylic oxidation sites excluding steroid dienone is 1. The lowest BCUT2D eigenvalue weighted by Gasteiger charge is -2.54. The average molecular weight is 659 g/mol. The first kappa shape index (κ1) is 29.4. The Morgan fingerprint density at radius 1 is 0.480 bits per heavy atom. The van der Waals surface area contributed by atoms with Crippen molar-refractivity contribution in [3.05, 3.63) is 154 Å². The predicted octanol–water partition coefficient (Wildman–Crippen LogP) is 6.25. The topological polar surface area (TPSA) is 112 Å². The Morgan fingerprint density at radius 3 is 1.50 bits per heavy atom. The van der Waals surface area contributed by atoms with Crippen molar-refractivity contribution in [3.8, 4) is 0 Å². The third-order valence-electron chi connectivity index (χ3n) is 12.8. The van der Waals surface area contributed by atoms with Crippen molar-refractivity contribution in [1.29, 1.82) is 0 Å². The predicted molar refractivity (Wildman–Crippen MR) is 180 cm³/mol. The fourth-order valence-electron chi connectivity index (χ4n) is 11.1. The molecule has 1 heterocycles. The molecule has 2 fully saturated rings. The number of ether oxygens (including phenoxy) is 1. The van der Waals surface area contributed by atoms with E-state index in [2.05, 4.69) is 0 Å². The molecule has 0 aromatic heterocycles. The van der Waals surface area contributed by atoms with Crippen LogP contribution in [0, 0.1) is 40.9 Å². The third kappa shape index (κ3) is 3.45. The SMILES string of the molecule is O=C1c2ccccc2C(=O)[C@@H]2[C@H]1[C@H]1C3=C(C[C@H]4C(=O)c5ccccc5C(=O)[C@H]4[C@H]3[C@@H]2c2ccccc2)[C@@]2(C(=O)COC2=O)[C@@H]1c1ccccc1. The molecule has 0 radical (unpaired) electrons. The zero-order chi connectivity index (χ0) is 34.1. The number of carbonyl (C=O) groups excluding carboxylic acids is 6. The summed E-state index contributed by atoms with van der Waals surface area (Å²) in [6.07, 6.45) is 0.0215. The van der Waals surface area contributed by atoms with Gasteiger partial charge in [-0.25, -0.2) is 0 Å². The van der Waals surface area contributed by atoms with Crippen molar-refractivity contribution in [2.45, 2.75) is 18.3 Å². The molecule has 0 N–H and O–H groups in total. The van der Waals surface area contributed by atoms with Crippen molar-refractivity contribution in [2.24, 2.45) is 40.9 Å². The Morgan fingerprint density at radius 2 is 0.960 bits per heavy atom. The monoisotopic (exact) mass is 658 g/mol. The lowest BCUT2D eigenvalue weighted by Crippen LogP contribution is -2.56. The molecule has 0 bridgehead atoms. The number of rotatable bonds is 2. The molecular weight excluding hydrogens is 628 g/mol. The number of esters is 1. The molecule has 5 aliphatic carbocycles. The van der Waals surface area contributed by atoms with E-state index in [9.17, 15) is 19.2 Å². The highest BCUT2D eigenvalue weighted by Gasteiger charge is 2.75. The lowest BCUT2D eigenvalue weighted by molar-refractivity contribution is -0.146. The molecule has 1 saturated heterocycles. The number of hydrogen-bond acceptors (Lipinski definition) is 7. The normalized spacial score (nSPS) is 33.4. The molecule has 9 atom stereocenters. The molecule has 7 nitrogen and oxygen atoms in total. The summed E-state index contributed by atoms with van der Waals surface area (Å²) in [5.41, 5.74) is 2.21. The summed E-state index contributed by atoms with van der Waals surface area (Å²) in [5.74, 6) is -8.50. The summed E-state index contributed by atoms with van der Waals surface area (Å²) in [5, 5.41) is 0. The van der Waals surface area contributed by atoms with Crippen LogP contribution in [-0.4, -0.2) is 41.5 Å². The van der Waals surface area contributed by atoms with E-state index in [-0.39, 0.29) is 29.6 Å². The van der Waals surface area contributed by atoms with Gasteiger partial charge in [-0.1, -0.05) is 115 Å². The van der Waals surface area contributed by atoms with Gasteiger partial charge in [-0.3, -0.25) is 28.8 Å². The summed E-state index contributed by atoms with van der Waals surface area (Å²) in [6.45, 7) is -0.425.